The van der Waals surface area contributed by atoms with Crippen molar-refractivity contribution in [1.29, 1.82) is 0 Å². The first kappa shape index (κ1) is 15.2. The van der Waals surface area contributed by atoms with Gasteiger partial charge >= 0.3 is 6.01 Å². The number of nitrogens with one attached hydrogen (secondary N) is 1. The molecule has 0 atom stereocenters. The zero-order valence-electron chi connectivity index (χ0n) is 12.7. The highest BCUT2D eigenvalue weighted by Gasteiger charge is 2.09. The molecule has 8 nitrogen and oxygen atoms in total. The zero-order chi connectivity index (χ0) is 15.1. The molecule has 0 saturated carbocycles. The molecule has 0 spiro atoms. The van der Waals surface area contributed by atoms with Gasteiger partial charge in [-0.15, -0.1) is 0 Å². The Kier molecular flexibility index (Phi) is 5.44. The highest BCUT2D eigenvalue weighted by Crippen LogP contribution is 2.10. The number of ether oxygens (including phenoxy) is 1. The summed E-state index contributed by atoms with van der Waals surface area (Å²) in [5, 5.41) is 7.19. The zero-order valence-corrected chi connectivity index (χ0v) is 12.7. The molecule has 0 aliphatic rings. The third-order valence-corrected chi connectivity index (χ3v) is 2.63. The molecule has 2 heterocycles. The van der Waals surface area contributed by atoms with Crippen molar-refractivity contribution in [3.8, 4) is 12.0 Å². The molecule has 114 valence electrons. The van der Waals surface area contributed by atoms with E-state index in [1.54, 1.807) is 17.1 Å². The Morgan fingerprint density at radius 3 is 2.81 bits per heavy atom. The second kappa shape index (κ2) is 7.53. The minimum atomic E-state index is 0.310. The van der Waals surface area contributed by atoms with Crippen LogP contribution < -0.4 is 10.1 Å². The number of hydrogen-bond donors (Lipinski definition) is 1. The third kappa shape index (κ3) is 4.67. The van der Waals surface area contributed by atoms with Crippen LogP contribution in [0.2, 0.25) is 0 Å². The van der Waals surface area contributed by atoms with E-state index in [0.717, 1.165) is 19.5 Å². The lowest BCUT2D eigenvalue weighted by Crippen LogP contribution is -2.16. The average molecular weight is 291 g/mol. The molecule has 2 aromatic heterocycles. The summed E-state index contributed by atoms with van der Waals surface area (Å²) in [4.78, 5) is 14.9. The van der Waals surface area contributed by atoms with Crippen molar-refractivity contribution in [2.24, 2.45) is 0 Å². The highest BCUT2D eigenvalue weighted by molar-refractivity contribution is 5.29. The van der Waals surface area contributed by atoms with E-state index in [0.29, 0.717) is 24.5 Å². The molecule has 2 rings (SSSR count). The van der Waals surface area contributed by atoms with Crippen LogP contribution in [-0.4, -0.2) is 63.4 Å². The average Bonchev–Trinajstić information content (AvgIpc) is 2.98. The second-order valence-electron chi connectivity index (χ2n) is 4.73. The molecule has 0 aliphatic carbocycles. The molecular formula is C13H21N7O. The van der Waals surface area contributed by atoms with E-state index in [1.165, 1.54) is 0 Å². The first-order valence-corrected chi connectivity index (χ1v) is 6.96. The highest BCUT2D eigenvalue weighted by atomic mass is 16.5. The van der Waals surface area contributed by atoms with Crippen molar-refractivity contribution in [3.05, 3.63) is 18.5 Å². The fourth-order valence-electron chi connectivity index (χ4n) is 1.68. The van der Waals surface area contributed by atoms with E-state index < -0.39 is 0 Å². The summed E-state index contributed by atoms with van der Waals surface area (Å²) in [6, 6.07) is 2.12. The van der Waals surface area contributed by atoms with E-state index >= 15 is 0 Å². The SMILES string of the molecule is CCNc1nc(OCCCN(C)C)nc(-n2cccn2)n1. The molecule has 0 unspecified atom stereocenters. The van der Waals surface area contributed by atoms with Gasteiger partial charge in [0.05, 0.1) is 6.61 Å². The van der Waals surface area contributed by atoms with Gasteiger partial charge in [-0.05, 0) is 33.5 Å². The maximum atomic E-state index is 5.61. The molecule has 0 aliphatic heterocycles. The van der Waals surface area contributed by atoms with E-state index in [4.69, 9.17) is 4.74 Å². The summed E-state index contributed by atoms with van der Waals surface area (Å²) in [6.07, 6.45) is 4.36. The maximum Gasteiger partial charge on any atom is 0.323 e. The van der Waals surface area contributed by atoms with Gasteiger partial charge in [0.1, 0.15) is 0 Å². The van der Waals surface area contributed by atoms with Gasteiger partial charge in [0.15, 0.2) is 0 Å². The first-order chi connectivity index (χ1) is 10.2. The third-order valence-electron chi connectivity index (χ3n) is 2.63. The normalized spacial score (nSPS) is 10.9. The van der Waals surface area contributed by atoms with E-state index in [-0.39, 0.29) is 0 Å². The van der Waals surface area contributed by atoms with Crippen LogP contribution in [0.15, 0.2) is 18.5 Å². The van der Waals surface area contributed by atoms with E-state index in [9.17, 15) is 0 Å². The van der Waals surface area contributed by atoms with Crippen molar-refractivity contribution in [2.75, 3.05) is 39.1 Å². The minimum absolute atomic E-state index is 0.310. The Morgan fingerprint density at radius 1 is 1.29 bits per heavy atom. The van der Waals surface area contributed by atoms with Gasteiger partial charge in [0, 0.05) is 25.5 Å². The summed E-state index contributed by atoms with van der Waals surface area (Å²) >= 11 is 0. The monoisotopic (exact) mass is 291 g/mol. The summed E-state index contributed by atoms with van der Waals surface area (Å²) in [7, 11) is 4.06. The number of anilines is 1. The Bertz CT molecular complexity index is 541. The van der Waals surface area contributed by atoms with Crippen molar-refractivity contribution in [3.63, 3.8) is 0 Å². The van der Waals surface area contributed by atoms with Gasteiger partial charge in [0.2, 0.25) is 5.95 Å². The van der Waals surface area contributed by atoms with Crippen LogP contribution in [0.5, 0.6) is 6.01 Å². The van der Waals surface area contributed by atoms with Crippen LogP contribution in [0.1, 0.15) is 13.3 Å². The molecule has 0 amide bonds. The topological polar surface area (TPSA) is 81.0 Å². The van der Waals surface area contributed by atoms with Crippen LogP contribution >= 0.6 is 0 Å². The van der Waals surface area contributed by atoms with Crippen molar-refractivity contribution < 1.29 is 4.74 Å². The van der Waals surface area contributed by atoms with Crippen LogP contribution in [0, 0.1) is 0 Å². The molecule has 0 saturated heterocycles. The van der Waals surface area contributed by atoms with Gasteiger partial charge in [-0.3, -0.25) is 0 Å². The smallest absolute Gasteiger partial charge is 0.323 e. The Balaban J connectivity index is 2.08. The van der Waals surface area contributed by atoms with Crippen LogP contribution in [-0.2, 0) is 0 Å². The van der Waals surface area contributed by atoms with Gasteiger partial charge in [-0.25, -0.2) is 4.68 Å². The molecule has 8 heteroatoms. The van der Waals surface area contributed by atoms with E-state index in [1.807, 2.05) is 27.1 Å². The lowest BCUT2D eigenvalue weighted by molar-refractivity contribution is 0.263. The molecule has 2 aromatic rings. The summed E-state index contributed by atoms with van der Waals surface area (Å²) in [5.74, 6) is 0.925. The molecular weight excluding hydrogens is 270 g/mol. The molecule has 0 fully saturated rings. The molecule has 0 radical (unpaired) electrons. The largest absolute Gasteiger partial charge is 0.463 e. The Morgan fingerprint density at radius 2 is 2.14 bits per heavy atom. The quantitative estimate of drug-likeness (QED) is 0.721. The summed E-state index contributed by atoms with van der Waals surface area (Å²) in [5.41, 5.74) is 0. The predicted octanol–water partition coefficient (Wildman–Crippen LogP) is 0.820. The fraction of sp³-hybridized carbons (Fsp3) is 0.538. The second-order valence-corrected chi connectivity index (χ2v) is 4.73. The first-order valence-electron chi connectivity index (χ1n) is 6.96. The lowest BCUT2D eigenvalue weighted by Gasteiger charge is -2.11. The van der Waals surface area contributed by atoms with E-state index in [2.05, 4.69) is 30.3 Å². The van der Waals surface area contributed by atoms with Gasteiger partial charge < -0.3 is 15.0 Å². The van der Waals surface area contributed by atoms with Crippen LogP contribution in [0.4, 0.5) is 5.95 Å². The Hall–Kier alpha value is -2.22. The molecule has 0 aromatic carbocycles. The summed E-state index contributed by atoms with van der Waals surface area (Å²) in [6.45, 7) is 4.22. The van der Waals surface area contributed by atoms with Crippen molar-refractivity contribution in [2.45, 2.75) is 13.3 Å². The van der Waals surface area contributed by atoms with Crippen LogP contribution in [0.25, 0.3) is 5.95 Å². The lowest BCUT2D eigenvalue weighted by atomic mass is 10.4. The standard InChI is InChI=1S/C13H21N7O/c1-4-14-11-16-12(20-9-5-7-15-20)18-13(17-11)21-10-6-8-19(2)3/h5,7,9H,4,6,8,10H2,1-3H3,(H,14,16,17,18). The van der Waals surface area contributed by atoms with Crippen molar-refractivity contribution >= 4 is 5.95 Å². The number of aromatic nitrogens is 5. The fourth-order valence-corrected chi connectivity index (χ4v) is 1.68. The van der Waals surface area contributed by atoms with Gasteiger partial charge in [-0.1, -0.05) is 0 Å². The Labute approximate surface area is 124 Å². The molecule has 1 N–H and O–H groups in total. The van der Waals surface area contributed by atoms with Crippen LogP contribution in [0.3, 0.4) is 0 Å². The van der Waals surface area contributed by atoms with Gasteiger partial charge in [-0.2, -0.15) is 20.1 Å². The number of nitrogens with zero attached hydrogens (tertiary/aromatic N) is 6. The number of rotatable bonds is 8. The minimum Gasteiger partial charge on any atom is -0.463 e. The molecule has 21 heavy (non-hydrogen) atoms. The predicted molar refractivity (Wildman–Crippen MR) is 79.8 cm³/mol. The number of hydrogen-bond acceptors (Lipinski definition) is 7. The van der Waals surface area contributed by atoms with Gasteiger partial charge in [0.25, 0.3) is 5.95 Å². The summed E-state index contributed by atoms with van der Waals surface area (Å²) < 4.78 is 7.19. The molecule has 0 bridgehead atoms. The van der Waals surface area contributed by atoms with Crippen molar-refractivity contribution in [1.82, 2.24) is 29.6 Å². The maximum absolute atomic E-state index is 5.61.